The van der Waals surface area contributed by atoms with Crippen molar-refractivity contribution in [2.45, 2.75) is 19.6 Å². The van der Waals surface area contributed by atoms with Gasteiger partial charge in [0.15, 0.2) is 5.79 Å². The van der Waals surface area contributed by atoms with Gasteiger partial charge in [-0.05, 0) is 19.9 Å². The molecule has 0 rings (SSSR count). The van der Waals surface area contributed by atoms with Crippen LogP contribution in [0.5, 0.6) is 0 Å². The molecule has 7 heavy (non-hydrogen) atoms. The molecule has 0 aliphatic heterocycles. The number of hydrogen-bond donors (Lipinski definition) is 2. The van der Waals surface area contributed by atoms with E-state index in [0.717, 1.165) is 0 Å². The van der Waals surface area contributed by atoms with Gasteiger partial charge in [0.1, 0.15) is 0 Å². The van der Waals surface area contributed by atoms with Crippen LogP contribution in [-0.4, -0.2) is 16.0 Å². The van der Waals surface area contributed by atoms with Crippen molar-refractivity contribution >= 4 is 0 Å². The van der Waals surface area contributed by atoms with Crippen molar-refractivity contribution in [3.63, 3.8) is 0 Å². The second-order valence-corrected chi connectivity index (χ2v) is 1.59. The maximum Gasteiger partial charge on any atom is 0.179 e. The lowest BCUT2D eigenvalue weighted by Gasteiger charge is -2.07. The Balaban J connectivity index is 3.56. The van der Waals surface area contributed by atoms with E-state index in [1.54, 1.807) is 13.0 Å². The maximum atomic E-state index is 8.49. The summed E-state index contributed by atoms with van der Waals surface area (Å²) in [5.74, 6) is -1.63. The standard InChI is InChI=1S/C5H10O2/c1-3-4-5(2,6)7/h3-4,6-7H,1-2H3. The van der Waals surface area contributed by atoms with Gasteiger partial charge in [-0.1, -0.05) is 6.08 Å². The Morgan fingerprint density at radius 3 is 1.86 bits per heavy atom. The molecule has 0 radical (unpaired) electrons. The molecule has 0 aliphatic rings. The predicted octanol–water partition coefficient (Wildman–Crippen LogP) is 0.263. The summed E-state index contributed by atoms with van der Waals surface area (Å²) in [7, 11) is 0. The fourth-order valence-electron chi connectivity index (χ4n) is 0.316. The maximum absolute atomic E-state index is 8.49. The molecule has 2 nitrogen and oxygen atoms in total. The summed E-state index contributed by atoms with van der Waals surface area (Å²) in [4.78, 5) is 0. The molecule has 0 spiro atoms. The third-order valence-electron chi connectivity index (χ3n) is 0.482. The normalized spacial score (nSPS) is 13.1. The van der Waals surface area contributed by atoms with Crippen molar-refractivity contribution in [1.29, 1.82) is 0 Å². The summed E-state index contributed by atoms with van der Waals surface area (Å²) >= 11 is 0. The van der Waals surface area contributed by atoms with Gasteiger partial charge in [-0.3, -0.25) is 0 Å². The number of hydrogen-bond acceptors (Lipinski definition) is 2. The molecule has 0 atom stereocenters. The van der Waals surface area contributed by atoms with Gasteiger partial charge in [0.2, 0.25) is 0 Å². The third kappa shape index (κ3) is 5.66. The van der Waals surface area contributed by atoms with E-state index < -0.39 is 5.79 Å². The highest BCUT2D eigenvalue weighted by Crippen LogP contribution is 1.96. The van der Waals surface area contributed by atoms with E-state index in [2.05, 4.69) is 0 Å². The summed E-state index contributed by atoms with van der Waals surface area (Å²) in [5, 5.41) is 17.0. The van der Waals surface area contributed by atoms with Gasteiger partial charge >= 0.3 is 0 Å². The lowest BCUT2D eigenvalue weighted by molar-refractivity contribution is -0.101. The van der Waals surface area contributed by atoms with E-state index in [-0.39, 0.29) is 0 Å². The topological polar surface area (TPSA) is 40.5 Å². The number of rotatable bonds is 1. The van der Waals surface area contributed by atoms with Gasteiger partial charge in [0.05, 0.1) is 0 Å². The third-order valence-corrected chi connectivity index (χ3v) is 0.482. The monoisotopic (exact) mass is 102 g/mol. The second-order valence-electron chi connectivity index (χ2n) is 1.59. The van der Waals surface area contributed by atoms with Crippen molar-refractivity contribution in [3.8, 4) is 0 Å². The van der Waals surface area contributed by atoms with Crippen molar-refractivity contribution < 1.29 is 10.2 Å². The van der Waals surface area contributed by atoms with Crippen LogP contribution in [0.4, 0.5) is 0 Å². The molecule has 0 saturated carbocycles. The first-order valence-electron chi connectivity index (χ1n) is 2.15. The minimum Gasteiger partial charge on any atom is -0.363 e. The van der Waals surface area contributed by atoms with Gasteiger partial charge < -0.3 is 10.2 Å². The van der Waals surface area contributed by atoms with Crippen molar-refractivity contribution in [2.24, 2.45) is 0 Å². The van der Waals surface area contributed by atoms with Gasteiger partial charge in [-0.15, -0.1) is 0 Å². The van der Waals surface area contributed by atoms with E-state index in [1.807, 2.05) is 0 Å². The SMILES string of the molecule is CC=CC(C)(O)O. The summed E-state index contributed by atoms with van der Waals surface area (Å²) < 4.78 is 0. The summed E-state index contributed by atoms with van der Waals surface area (Å²) in [6.07, 6.45) is 2.88. The Bertz CT molecular complexity index is 68.6. The van der Waals surface area contributed by atoms with Gasteiger partial charge in [-0.2, -0.15) is 0 Å². The average molecular weight is 102 g/mol. The molecule has 0 aliphatic carbocycles. The van der Waals surface area contributed by atoms with E-state index in [1.165, 1.54) is 13.0 Å². The minimum absolute atomic E-state index is 1.30. The van der Waals surface area contributed by atoms with E-state index >= 15 is 0 Å². The first kappa shape index (κ1) is 6.66. The van der Waals surface area contributed by atoms with Crippen LogP contribution in [0.1, 0.15) is 13.8 Å². The average Bonchev–Trinajstić information content (AvgIpc) is 1.30. The number of aliphatic hydroxyl groups is 2. The lowest BCUT2D eigenvalue weighted by atomic mass is 10.3. The summed E-state index contributed by atoms with van der Waals surface area (Å²) in [6, 6.07) is 0. The largest absolute Gasteiger partial charge is 0.363 e. The first-order valence-corrected chi connectivity index (χ1v) is 2.15. The molecule has 0 aromatic rings. The molecule has 42 valence electrons. The zero-order chi connectivity index (χ0) is 5.91. The predicted molar refractivity (Wildman–Crippen MR) is 27.7 cm³/mol. The number of allylic oxidation sites excluding steroid dienone is 1. The van der Waals surface area contributed by atoms with Crippen LogP contribution in [0.15, 0.2) is 12.2 Å². The van der Waals surface area contributed by atoms with Crippen LogP contribution in [0, 0.1) is 0 Å². The Morgan fingerprint density at radius 1 is 1.43 bits per heavy atom. The van der Waals surface area contributed by atoms with Crippen LogP contribution in [0.3, 0.4) is 0 Å². The van der Waals surface area contributed by atoms with Crippen LogP contribution in [0.25, 0.3) is 0 Å². The van der Waals surface area contributed by atoms with Crippen molar-refractivity contribution in [3.05, 3.63) is 12.2 Å². The second kappa shape index (κ2) is 2.09. The zero-order valence-electron chi connectivity index (χ0n) is 4.55. The molecule has 0 heterocycles. The highest BCUT2D eigenvalue weighted by molar-refractivity contribution is 4.87. The molecule has 2 N–H and O–H groups in total. The van der Waals surface area contributed by atoms with Gasteiger partial charge in [0, 0.05) is 0 Å². The summed E-state index contributed by atoms with van der Waals surface area (Å²) in [6.45, 7) is 3.03. The van der Waals surface area contributed by atoms with Crippen LogP contribution in [-0.2, 0) is 0 Å². The molecule has 0 aromatic carbocycles. The lowest BCUT2D eigenvalue weighted by Crippen LogP contribution is -2.18. The molecule has 0 amide bonds. The Hall–Kier alpha value is -0.340. The van der Waals surface area contributed by atoms with Crippen molar-refractivity contribution in [1.82, 2.24) is 0 Å². The molecule has 2 heteroatoms. The molecular weight excluding hydrogens is 92.1 g/mol. The van der Waals surface area contributed by atoms with Crippen LogP contribution >= 0.6 is 0 Å². The first-order chi connectivity index (χ1) is 3.06. The van der Waals surface area contributed by atoms with E-state index in [9.17, 15) is 0 Å². The van der Waals surface area contributed by atoms with Gasteiger partial charge in [-0.25, -0.2) is 0 Å². The van der Waals surface area contributed by atoms with Crippen LogP contribution < -0.4 is 0 Å². The fourth-order valence-corrected chi connectivity index (χ4v) is 0.316. The summed E-state index contributed by atoms with van der Waals surface area (Å²) in [5.41, 5.74) is 0. The highest BCUT2D eigenvalue weighted by Gasteiger charge is 2.06. The van der Waals surface area contributed by atoms with E-state index in [4.69, 9.17) is 10.2 Å². The molecule has 0 unspecified atom stereocenters. The Kier molecular flexibility index (Phi) is 1.99. The molecule has 0 bridgehead atoms. The Labute approximate surface area is 43.1 Å². The van der Waals surface area contributed by atoms with Gasteiger partial charge in [0.25, 0.3) is 0 Å². The van der Waals surface area contributed by atoms with Crippen LogP contribution in [0.2, 0.25) is 0 Å². The molecule has 0 saturated heterocycles. The molecule has 0 aromatic heterocycles. The van der Waals surface area contributed by atoms with E-state index in [0.29, 0.717) is 0 Å². The fraction of sp³-hybridized carbons (Fsp3) is 0.600. The van der Waals surface area contributed by atoms with Crippen molar-refractivity contribution in [2.75, 3.05) is 0 Å². The smallest absolute Gasteiger partial charge is 0.179 e. The molecule has 0 fully saturated rings. The Morgan fingerprint density at radius 2 is 1.86 bits per heavy atom. The molecular formula is C5H10O2. The zero-order valence-corrected chi connectivity index (χ0v) is 4.55. The quantitative estimate of drug-likeness (QED) is 0.368. The highest BCUT2D eigenvalue weighted by atomic mass is 16.5. The minimum atomic E-state index is -1.63.